The molecular weight excluding hydrogens is 393 g/mol. The van der Waals surface area contributed by atoms with Crippen LogP contribution in [0.1, 0.15) is 31.8 Å². The molecule has 1 aromatic heterocycles. The SMILES string of the molecule is C[C@H](OC1CCN(C(=O)O)CC1)c1nc(-c2ccc(S(C)(=O)=O)c(F)c2)no1. The molecule has 0 unspecified atom stereocenters. The summed E-state index contributed by atoms with van der Waals surface area (Å²) in [6, 6.07) is 3.60. The molecule has 3 rings (SSSR count). The summed E-state index contributed by atoms with van der Waals surface area (Å²) in [6.07, 6.45) is 0.459. The van der Waals surface area contributed by atoms with E-state index < -0.39 is 32.7 Å². The van der Waals surface area contributed by atoms with Gasteiger partial charge in [-0.15, -0.1) is 0 Å². The highest BCUT2D eigenvalue weighted by molar-refractivity contribution is 7.90. The van der Waals surface area contributed by atoms with Crippen LogP contribution in [0.4, 0.5) is 9.18 Å². The fraction of sp³-hybridized carbons (Fsp3) is 0.471. The third-order valence-electron chi connectivity index (χ3n) is 4.49. The lowest BCUT2D eigenvalue weighted by Gasteiger charge is -2.30. The standard InChI is InChI=1S/C17H20FN3O6S/c1-10(26-12-5-7-21(8-6-12)17(22)23)16-19-15(20-27-16)11-3-4-14(13(18)9-11)28(2,24)25/h3-4,9-10,12H,5-8H2,1-2H3,(H,22,23)/t10-/m0/s1. The number of likely N-dealkylation sites (tertiary alicyclic amines) is 1. The minimum atomic E-state index is -3.67. The number of carboxylic acid groups (broad SMARTS) is 1. The fourth-order valence-electron chi connectivity index (χ4n) is 2.99. The Morgan fingerprint density at radius 1 is 1.39 bits per heavy atom. The normalized spacial score (nSPS) is 16.9. The van der Waals surface area contributed by atoms with E-state index in [-0.39, 0.29) is 23.4 Å². The number of aromatic nitrogens is 2. The van der Waals surface area contributed by atoms with Gasteiger partial charge in [-0.1, -0.05) is 5.16 Å². The van der Waals surface area contributed by atoms with Crippen LogP contribution in [-0.4, -0.2) is 60.1 Å². The molecule has 28 heavy (non-hydrogen) atoms. The molecule has 0 aliphatic carbocycles. The van der Waals surface area contributed by atoms with E-state index in [4.69, 9.17) is 14.4 Å². The second kappa shape index (κ2) is 7.84. The van der Waals surface area contributed by atoms with Gasteiger partial charge in [0.2, 0.25) is 5.82 Å². The first-order chi connectivity index (χ1) is 13.1. The number of halogens is 1. The van der Waals surface area contributed by atoms with Crippen LogP contribution in [0.3, 0.4) is 0 Å². The molecule has 1 N–H and O–H groups in total. The molecule has 1 atom stereocenters. The molecule has 1 aromatic carbocycles. The van der Waals surface area contributed by atoms with Gasteiger partial charge in [-0.05, 0) is 38.0 Å². The molecule has 2 heterocycles. The highest BCUT2D eigenvalue weighted by Crippen LogP contribution is 2.26. The molecule has 1 amide bonds. The number of amides is 1. The molecule has 1 aliphatic heterocycles. The Hall–Kier alpha value is -2.53. The van der Waals surface area contributed by atoms with Crippen LogP contribution in [0.5, 0.6) is 0 Å². The number of sulfone groups is 1. The molecular formula is C17H20FN3O6S. The van der Waals surface area contributed by atoms with E-state index in [1.54, 1.807) is 6.92 Å². The summed E-state index contributed by atoms with van der Waals surface area (Å²) in [5.41, 5.74) is 0.280. The van der Waals surface area contributed by atoms with Crippen molar-refractivity contribution in [2.75, 3.05) is 19.3 Å². The summed E-state index contributed by atoms with van der Waals surface area (Å²) in [6.45, 7) is 2.52. The van der Waals surface area contributed by atoms with Gasteiger partial charge in [0.1, 0.15) is 16.8 Å². The van der Waals surface area contributed by atoms with Gasteiger partial charge in [-0.2, -0.15) is 4.98 Å². The maximum atomic E-state index is 14.1. The topological polar surface area (TPSA) is 123 Å². The molecule has 0 radical (unpaired) electrons. The lowest BCUT2D eigenvalue weighted by atomic mass is 10.1. The zero-order valence-electron chi connectivity index (χ0n) is 15.3. The molecule has 0 bridgehead atoms. The van der Waals surface area contributed by atoms with Crippen molar-refractivity contribution in [2.24, 2.45) is 0 Å². The Morgan fingerprint density at radius 3 is 2.64 bits per heavy atom. The molecule has 0 saturated carbocycles. The van der Waals surface area contributed by atoms with E-state index in [0.29, 0.717) is 25.9 Å². The molecule has 152 valence electrons. The Kier molecular flexibility index (Phi) is 5.66. The number of carbonyl (C=O) groups is 1. The van der Waals surface area contributed by atoms with E-state index in [0.717, 1.165) is 18.4 Å². The van der Waals surface area contributed by atoms with Crippen molar-refractivity contribution in [3.05, 3.63) is 29.9 Å². The second-order valence-electron chi connectivity index (χ2n) is 6.62. The second-order valence-corrected chi connectivity index (χ2v) is 8.61. The predicted octanol–water partition coefficient (Wildman–Crippen LogP) is 2.50. The minimum absolute atomic E-state index is 0.116. The summed E-state index contributed by atoms with van der Waals surface area (Å²) in [5.74, 6) is -0.575. The van der Waals surface area contributed by atoms with Crippen molar-refractivity contribution in [1.29, 1.82) is 0 Å². The molecule has 1 fully saturated rings. The minimum Gasteiger partial charge on any atom is -0.465 e. The summed E-state index contributed by atoms with van der Waals surface area (Å²) >= 11 is 0. The van der Waals surface area contributed by atoms with Gasteiger partial charge in [0, 0.05) is 24.9 Å². The van der Waals surface area contributed by atoms with Gasteiger partial charge in [0.25, 0.3) is 5.89 Å². The molecule has 2 aromatic rings. The maximum absolute atomic E-state index is 14.1. The molecule has 0 spiro atoms. The highest BCUT2D eigenvalue weighted by Gasteiger charge is 2.26. The third kappa shape index (κ3) is 4.47. The van der Waals surface area contributed by atoms with Crippen molar-refractivity contribution >= 4 is 15.9 Å². The van der Waals surface area contributed by atoms with Crippen LogP contribution in [0, 0.1) is 5.82 Å². The van der Waals surface area contributed by atoms with Gasteiger partial charge in [-0.25, -0.2) is 17.6 Å². The Bertz CT molecular complexity index is 969. The van der Waals surface area contributed by atoms with Crippen LogP contribution >= 0.6 is 0 Å². The van der Waals surface area contributed by atoms with Crippen LogP contribution in [0.15, 0.2) is 27.6 Å². The lowest BCUT2D eigenvalue weighted by Crippen LogP contribution is -2.40. The number of nitrogens with zero attached hydrogens (tertiary/aromatic N) is 3. The molecule has 1 saturated heterocycles. The van der Waals surface area contributed by atoms with Crippen molar-refractivity contribution in [2.45, 2.75) is 36.9 Å². The Balaban J connectivity index is 1.67. The number of benzene rings is 1. The third-order valence-corrected chi connectivity index (χ3v) is 5.62. The first-order valence-electron chi connectivity index (χ1n) is 8.62. The number of hydrogen-bond donors (Lipinski definition) is 1. The number of piperidine rings is 1. The molecule has 11 heteroatoms. The van der Waals surface area contributed by atoms with E-state index in [1.807, 2.05) is 0 Å². The molecule has 9 nitrogen and oxygen atoms in total. The zero-order chi connectivity index (χ0) is 20.5. The van der Waals surface area contributed by atoms with Gasteiger partial charge in [0.05, 0.1) is 6.10 Å². The average Bonchev–Trinajstić information content (AvgIpc) is 3.11. The van der Waals surface area contributed by atoms with E-state index in [2.05, 4.69) is 10.1 Å². The van der Waals surface area contributed by atoms with E-state index in [1.165, 1.54) is 11.0 Å². The van der Waals surface area contributed by atoms with Crippen LogP contribution < -0.4 is 0 Å². The Morgan fingerprint density at radius 2 is 2.07 bits per heavy atom. The van der Waals surface area contributed by atoms with Gasteiger partial charge < -0.3 is 19.3 Å². The number of hydrogen-bond acceptors (Lipinski definition) is 7. The number of ether oxygens (including phenoxy) is 1. The van der Waals surface area contributed by atoms with Gasteiger partial charge >= 0.3 is 6.09 Å². The summed E-state index contributed by atoms with van der Waals surface area (Å²) in [7, 11) is -3.67. The largest absolute Gasteiger partial charge is 0.465 e. The quantitative estimate of drug-likeness (QED) is 0.793. The molecule has 1 aliphatic rings. The van der Waals surface area contributed by atoms with Crippen LogP contribution in [0.2, 0.25) is 0 Å². The lowest BCUT2D eigenvalue weighted by molar-refractivity contribution is -0.0451. The maximum Gasteiger partial charge on any atom is 0.407 e. The van der Waals surface area contributed by atoms with Crippen LogP contribution in [-0.2, 0) is 14.6 Å². The van der Waals surface area contributed by atoms with Crippen molar-refractivity contribution < 1.29 is 32.0 Å². The predicted molar refractivity (Wildman–Crippen MR) is 94.9 cm³/mol. The van der Waals surface area contributed by atoms with Crippen molar-refractivity contribution in [3.8, 4) is 11.4 Å². The Labute approximate surface area is 161 Å². The first kappa shape index (κ1) is 20.2. The van der Waals surface area contributed by atoms with E-state index >= 15 is 0 Å². The smallest absolute Gasteiger partial charge is 0.407 e. The van der Waals surface area contributed by atoms with Gasteiger partial charge in [0.15, 0.2) is 9.84 Å². The number of rotatable bonds is 5. The summed E-state index contributed by atoms with van der Waals surface area (Å²) in [4.78, 5) is 16.1. The van der Waals surface area contributed by atoms with E-state index in [9.17, 15) is 17.6 Å². The highest BCUT2D eigenvalue weighted by atomic mass is 32.2. The van der Waals surface area contributed by atoms with Crippen molar-refractivity contribution in [3.63, 3.8) is 0 Å². The zero-order valence-corrected chi connectivity index (χ0v) is 16.1. The fourth-order valence-corrected chi connectivity index (χ4v) is 3.72. The van der Waals surface area contributed by atoms with Gasteiger partial charge in [-0.3, -0.25) is 0 Å². The first-order valence-corrected chi connectivity index (χ1v) is 10.5. The average molecular weight is 413 g/mol. The summed E-state index contributed by atoms with van der Waals surface area (Å²) < 4.78 is 48.1. The monoisotopic (exact) mass is 413 g/mol. The summed E-state index contributed by atoms with van der Waals surface area (Å²) in [5, 5.41) is 12.8. The van der Waals surface area contributed by atoms with Crippen LogP contribution in [0.25, 0.3) is 11.4 Å². The van der Waals surface area contributed by atoms with Crippen molar-refractivity contribution in [1.82, 2.24) is 15.0 Å².